The maximum Gasteiger partial charge on any atom is 0.257 e. The lowest BCUT2D eigenvalue weighted by atomic mass is 9.31. The van der Waals surface area contributed by atoms with Gasteiger partial charge in [-0.3, -0.25) is 0 Å². The number of benzene rings is 13. The number of nitrogens with zero attached hydrogens (tertiary/aromatic N) is 6. The number of hydrogen-bond acceptors (Lipinski definition) is 6. The van der Waals surface area contributed by atoms with Gasteiger partial charge in [-0.25, -0.2) is 0 Å². The Kier molecular flexibility index (Phi) is 9.98. The van der Waals surface area contributed by atoms with Crippen molar-refractivity contribution in [1.82, 2.24) is 0 Å². The average Bonchev–Trinajstić information content (AvgIpc) is 0.766. The van der Waals surface area contributed by atoms with Crippen molar-refractivity contribution >= 4 is 149 Å². The van der Waals surface area contributed by atoms with Gasteiger partial charge >= 0.3 is 0 Å². The van der Waals surface area contributed by atoms with Crippen LogP contribution in [0.5, 0.6) is 0 Å². The second kappa shape index (κ2) is 18.1. The van der Waals surface area contributed by atoms with Crippen LogP contribution in [-0.4, -0.2) is 13.4 Å². The molecule has 13 aromatic rings. The van der Waals surface area contributed by atoms with E-state index in [1.54, 1.807) is 0 Å². The molecule has 6 aliphatic heterocycles. The highest BCUT2D eigenvalue weighted by Gasteiger charge is 2.51. The maximum absolute atomic E-state index is 2.53. The molecule has 13 aromatic carbocycles. The minimum absolute atomic E-state index is 0.00169. The summed E-state index contributed by atoms with van der Waals surface area (Å²) < 4.78 is 0. The molecule has 0 N–H and O–H groups in total. The third-order valence-electron chi connectivity index (χ3n) is 18.8. The summed E-state index contributed by atoms with van der Waals surface area (Å²) in [6, 6.07) is 113. The Morgan fingerprint density at radius 1 is 0.151 bits per heavy atom. The highest BCUT2D eigenvalue weighted by molar-refractivity contribution is 7.03. The van der Waals surface area contributed by atoms with E-state index in [-0.39, 0.29) is 13.4 Å². The smallest absolute Gasteiger partial charge is 0.257 e. The Morgan fingerprint density at radius 2 is 0.326 bits per heavy atom. The van der Waals surface area contributed by atoms with Crippen molar-refractivity contribution in [3.05, 3.63) is 303 Å². The van der Waals surface area contributed by atoms with Gasteiger partial charge in [-0.15, -0.1) is 0 Å². The largest absolute Gasteiger partial charge is 0.311 e. The van der Waals surface area contributed by atoms with Crippen LogP contribution in [0.3, 0.4) is 0 Å². The van der Waals surface area contributed by atoms with Crippen molar-refractivity contribution in [2.24, 2.45) is 0 Å². The number of para-hydroxylation sites is 6. The fourth-order valence-electron chi connectivity index (χ4n) is 15.4. The van der Waals surface area contributed by atoms with Gasteiger partial charge in [0.05, 0.1) is 0 Å². The molecule has 0 aromatic heterocycles. The van der Waals surface area contributed by atoms with Crippen LogP contribution in [0.2, 0.25) is 0 Å². The van der Waals surface area contributed by atoms with Gasteiger partial charge < -0.3 is 29.4 Å². The predicted octanol–water partition coefficient (Wildman–Crippen LogP) is 16.8. The lowest BCUT2D eigenvalue weighted by molar-refractivity contribution is 1.22. The Labute approximate surface area is 500 Å². The van der Waals surface area contributed by atoms with Crippen LogP contribution in [0.4, 0.5) is 102 Å². The Hall–Kier alpha value is -11.2. The molecule has 0 radical (unpaired) electrons. The molecule has 0 fully saturated rings. The third kappa shape index (κ3) is 6.58. The molecule has 0 spiro atoms. The van der Waals surface area contributed by atoms with Gasteiger partial charge in [0, 0.05) is 102 Å². The quantitative estimate of drug-likeness (QED) is 0.140. The fourth-order valence-corrected chi connectivity index (χ4v) is 15.4. The normalized spacial score (nSPS) is 13.9. The van der Waals surface area contributed by atoms with Crippen molar-refractivity contribution in [2.45, 2.75) is 0 Å². The van der Waals surface area contributed by atoms with Crippen LogP contribution >= 0.6 is 0 Å². The molecule has 6 aliphatic rings. The molecular formula is C78H50B2N6. The molecular weight excluding hydrogens is 1040 g/mol. The minimum atomic E-state index is -0.00169. The van der Waals surface area contributed by atoms with E-state index in [0.717, 1.165) is 56.4 Å². The summed E-state index contributed by atoms with van der Waals surface area (Å²) >= 11 is 0. The summed E-state index contributed by atoms with van der Waals surface area (Å²) in [5.41, 5.74) is 33.7. The first-order valence-corrected chi connectivity index (χ1v) is 29.8. The summed E-state index contributed by atoms with van der Waals surface area (Å²) in [7, 11) is 0. The second-order valence-electron chi connectivity index (χ2n) is 23.2. The third-order valence-corrected chi connectivity index (χ3v) is 18.8. The first-order chi connectivity index (χ1) is 42.7. The highest BCUT2D eigenvalue weighted by Crippen LogP contribution is 2.54. The lowest BCUT2D eigenvalue weighted by Gasteiger charge is -2.49. The van der Waals surface area contributed by atoms with Crippen LogP contribution in [0, 0.1) is 0 Å². The van der Waals surface area contributed by atoms with E-state index in [0.29, 0.717) is 0 Å². The first kappa shape index (κ1) is 47.3. The van der Waals surface area contributed by atoms with Gasteiger partial charge in [0.1, 0.15) is 0 Å². The molecule has 6 heterocycles. The summed E-state index contributed by atoms with van der Waals surface area (Å²) in [5.74, 6) is 0. The molecule has 398 valence electrons. The molecule has 0 amide bonds. The maximum atomic E-state index is 2.53. The van der Waals surface area contributed by atoms with Gasteiger partial charge in [0.2, 0.25) is 0 Å². The van der Waals surface area contributed by atoms with Gasteiger partial charge in [-0.1, -0.05) is 158 Å². The van der Waals surface area contributed by atoms with Crippen LogP contribution in [-0.2, 0) is 0 Å². The summed E-state index contributed by atoms with van der Waals surface area (Å²) in [4.78, 5) is 15.1. The molecule has 0 aliphatic carbocycles. The molecule has 0 bridgehead atoms. The van der Waals surface area contributed by atoms with Crippen LogP contribution in [0.1, 0.15) is 0 Å². The molecule has 86 heavy (non-hydrogen) atoms. The zero-order valence-electron chi connectivity index (χ0n) is 46.7. The summed E-state index contributed by atoms with van der Waals surface area (Å²) in [6.07, 6.45) is 0. The number of rotatable bonds is 8. The van der Waals surface area contributed by atoms with E-state index >= 15 is 0 Å². The molecule has 0 atom stereocenters. The standard InChI is InChI=1S/C78H50B2N6/c1-7-23-55(24-8-1)81-61-35-19-39-65-73(61)79-74-62(81)36-20-40-66(74)84(58-29-13-4-14-30-58)70-48-53(47-69(77(70)79)83(65)57-27-11-3-12-28-57)51-43-45-52(46-44-51)54-49-71-78-72(50-54)86(60-33-17-6-18-34-60)68-42-22-38-64-76(68)80(78)75-63(82(64)56-25-9-2-10-26-56)37-21-41-67(75)85(71)59-31-15-5-16-32-59/h1-50H. The van der Waals surface area contributed by atoms with Gasteiger partial charge in [0.15, 0.2) is 0 Å². The van der Waals surface area contributed by atoms with E-state index < -0.39 is 0 Å². The van der Waals surface area contributed by atoms with Crippen LogP contribution < -0.4 is 62.2 Å². The number of hydrogen-bond donors (Lipinski definition) is 0. The molecule has 8 heteroatoms. The molecule has 0 unspecified atom stereocenters. The predicted molar refractivity (Wildman–Crippen MR) is 362 cm³/mol. The van der Waals surface area contributed by atoms with Crippen molar-refractivity contribution in [2.75, 3.05) is 29.4 Å². The Balaban J connectivity index is 0.818. The average molecular weight is 1090 g/mol. The zero-order chi connectivity index (χ0) is 56.1. The van der Waals surface area contributed by atoms with E-state index in [1.165, 1.54) is 101 Å². The van der Waals surface area contributed by atoms with Crippen molar-refractivity contribution in [1.29, 1.82) is 0 Å². The van der Waals surface area contributed by atoms with E-state index in [2.05, 4.69) is 333 Å². The summed E-state index contributed by atoms with van der Waals surface area (Å²) in [6.45, 7) is -0.00337. The van der Waals surface area contributed by atoms with Crippen molar-refractivity contribution < 1.29 is 0 Å². The topological polar surface area (TPSA) is 19.4 Å². The van der Waals surface area contributed by atoms with E-state index in [4.69, 9.17) is 0 Å². The zero-order valence-corrected chi connectivity index (χ0v) is 46.7. The van der Waals surface area contributed by atoms with Crippen molar-refractivity contribution in [3.63, 3.8) is 0 Å². The van der Waals surface area contributed by atoms with Crippen LogP contribution in [0.25, 0.3) is 22.3 Å². The fraction of sp³-hybridized carbons (Fsp3) is 0. The highest BCUT2D eigenvalue weighted by atomic mass is 15.2. The molecule has 19 rings (SSSR count). The molecule has 6 nitrogen and oxygen atoms in total. The van der Waals surface area contributed by atoms with Gasteiger partial charge in [0.25, 0.3) is 13.4 Å². The van der Waals surface area contributed by atoms with E-state index in [9.17, 15) is 0 Å². The number of anilines is 18. The lowest BCUT2D eigenvalue weighted by Crippen LogP contribution is -2.64. The Bertz CT molecular complexity index is 4360. The molecule has 0 saturated heterocycles. The summed E-state index contributed by atoms with van der Waals surface area (Å²) in [5, 5.41) is 0. The Morgan fingerprint density at radius 3 is 0.523 bits per heavy atom. The first-order valence-electron chi connectivity index (χ1n) is 29.8. The minimum Gasteiger partial charge on any atom is -0.311 e. The second-order valence-corrected chi connectivity index (χ2v) is 23.2. The molecule has 0 saturated carbocycles. The van der Waals surface area contributed by atoms with E-state index in [1.807, 2.05) is 0 Å². The monoisotopic (exact) mass is 1090 g/mol. The van der Waals surface area contributed by atoms with Gasteiger partial charge in [-0.05, 0) is 201 Å². The van der Waals surface area contributed by atoms with Crippen molar-refractivity contribution in [3.8, 4) is 22.3 Å². The van der Waals surface area contributed by atoms with Gasteiger partial charge in [-0.2, -0.15) is 0 Å². The SMILES string of the molecule is c1ccc(N2c3cccc4c3B3c5c2cccc5N(c2ccccc2)c2cc(-c5ccc(-c6cc7c8c(c6)N(c6ccccc6)c6cccc9c6B8c6c(cccc6N7c6ccccc6)N9c6ccccc6)cc5)cc(c23)N4c2ccccc2)cc1. The van der Waals surface area contributed by atoms with Crippen LogP contribution in [0.15, 0.2) is 303 Å².